The zero-order valence-corrected chi connectivity index (χ0v) is 19.2. The molecule has 6 nitrogen and oxygen atoms in total. The van der Waals surface area contributed by atoms with Crippen molar-refractivity contribution in [1.82, 2.24) is 25.2 Å². The summed E-state index contributed by atoms with van der Waals surface area (Å²) in [4.78, 5) is 1.77. The summed E-state index contributed by atoms with van der Waals surface area (Å²) in [5, 5.41) is 17.7. The molecule has 2 aromatic carbocycles. The number of aromatic nitrogens is 5. The van der Waals surface area contributed by atoms with E-state index in [4.69, 9.17) is 14.6 Å². The first-order chi connectivity index (χ1) is 15.6. The summed E-state index contributed by atoms with van der Waals surface area (Å²) in [5.41, 5.74) is 5.41. The van der Waals surface area contributed by atoms with E-state index in [0.717, 1.165) is 72.9 Å². The Balaban J connectivity index is 1.38. The summed E-state index contributed by atoms with van der Waals surface area (Å²) >= 11 is 0. The largest absolute Gasteiger partial charge is 0.425 e. The third-order valence-electron chi connectivity index (χ3n) is 5.52. The summed E-state index contributed by atoms with van der Waals surface area (Å²) in [5.74, 6) is 1.76. The van der Waals surface area contributed by atoms with E-state index < -0.39 is 0 Å². The highest BCUT2D eigenvalue weighted by atomic mass is 16.4. The van der Waals surface area contributed by atoms with E-state index in [1.165, 1.54) is 5.56 Å². The predicted molar refractivity (Wildman–Crippen MR) is 126 cm³/mol. The van der Waals surface area contributed by atoms with Crippen LogP contribution >= 0.6 is 0 Å². The van der Waals surface area contributed by atoms with Crippen molar-refractivity contribution >= 4 is 0 Å². The Morgan fingerprint density at radius 3 is 2.25 bits per heavy atom. The Morgan fingerprint density at radius 1 is 0.812 bits per heavy atom. The van der Waals surface area contributed by atoms with E-state index >= 15 is 0 Å². The minimum atomic E-state index is 0.282. The van der Waals surface area contributed by atoms with Crippen LogP contribution in [-0.4, -0.2) is 25.2 Å². The van der Waals surface area contributed by atoms with Crippen molar-refractivity contribution in [3.63, 3.8) is 0 Å². The molecule has 0 unspecified atom stereocenters. The number of aryl methyl sites for hydroxylation is 3. The van der Waals surface area contributed by atoms with Gasteiger partial charge in [-0.15, -0.1) is 10.2 Å². The van der Waals surface area contributed by atoms with Crippen molar-refractivity contribution in [2.45, 2.75) is 65.3 Å². The van der Waals surface area contributed by atoms with Crippen LogP contribution in [0.25, 0.3) is 22.5 Å². The first-order valence-corrected chi connectivity index (χ1v) is 11.6. The summed E-state index contributed by atoms with van der Waals surface area (Å²) < 4.78 is 5.70. The van der Waals surface area contributed by atoms with Crippen LogP contribution in [0.5, 0.6) is 0 Å². The second-order valence-electron chi connectivity index (χ2n) is 8.40. The molecule has 0 bridgehead atoms. The fourth-order valence-corrected chi connectivity index (χ4v) is 3.73. The fraction of sp³-hybridized carbons (Fsp3) is 0.385. The normalized spacial score (nSPS) is 11.4. The summed E-state index contributed by atoms with van der Waals surface area (Å²) in [6.45, 7) is 6.94. The summed E-state index contributed by atoms with van der Waals surface area (Å²) in [6.07, 6.45) is 5.20. The van der Waals surface area contributed by atoms with Gasteiger partial charge in [-0.05, 0) is 37.8 Å². The van der Waals surface area contributed by atoms with Crippen molar-refractivity contribution in [1.29, 1.82) is 0 Å². The standard InChI is InChI=1S/C26H31N5O/c1-4-31-29-24(21-14-8-6-9-15-21)25(30-31)22-16-11-13-20(18-22)12-7-5-10-17-23-27-28-26(32-23)19(2)3/h6,8-9,11,13-16,18-19H,4-5,7,10,12,17H2,1-3H3. The molecule has 0 aliphatic rings. The van der Waals surface area contributed by atoms with Gasteiger partial charge in [-0.25, -0.2) is 0 Å². The van der Waals surface area contributed by atoms with Gasteiger partial charge in [0.1, 0.15) is 11.4 Å². The van der Waals surface area contributed by atoms with Gasteiger partial charge in [0, 0.05) is 23.5 Å². The highest BCUT2D eigenvalue weighted by Crippen LogP contribution is 2.29. The molecular weight excluding hydrogens is 398 g/mol. The van der Waals surface area contributed by atoms with E-state index in [9.17, 15) is 0 Å². The van der Waals surface area contributed by atoms with Crippen LogP contribution in [-0.2, 0) is 19.4 Å². The van der Waals surface area contributed by atoms with Crippen molar-refractivity contribution in [2.75, 3.05) is 0 Å². The highest BCUT2D eigenvalue weighted by Gasteiger charge is 2.15. The molecule has 0 N–H and O–H groups in total. The van der Waals surface area contributed by atoms with Gasteiger partial charge in [-0.3, -0.25) is 0 Å². The Morgan fingerprint density at radius 2 is 1.53 bits per heavy atom. The van der Waals surface area contributed by atoms with Crippen LogP contribution in [0.15, 0.2) is 59.0 Å². The number of nitrogens with zero attached hydrogens (tertiary/aromatic N) is 5. The van der Waals surface area contributed by atoms with Crippen LogP contribution in [0.4, 0.5) is 0 Å². The third kappa shape index (κ3) is 5.31. The molecule has 2 heterocycles. The summed E-state index contributed by atoms with van der Waals surface area (Å²) in [7, 11) is 0. The van der Waals surface area contributed by atoms with E-state index in [2.05, 4.69) is 67.4 Å². The molecule has 0 spiro atoms. The van der Waals surface area contributed by atoms with Crippen molar-refractivity contribution < 1.29 is 4.42 Å². The Hall–Kier alpha value is -3.28. The Bertz CT molecular complexity index is 1130. The highest BCUT2D eigenvalue weighted by molar-refractivity contribution is 5.77. The molecule has 0 saturated heterocycles. The van der Waals surface area contributed by atoms with Crippen molar-refractivity contribution in [3.8, 4) is 22.5 Å². The van der Waals surface area contributed by atoms with Crippen LogP contribution in [0, 0.1) is 0 Å². The fourth-order valence-electron chi connectivity index (χ4n) is 3.73. The number of unbranched alkanes of at least 4 members (excludes halogenated alkanes) is 2. The quantitative estimate of drug-likeness (QED) is 0.285. The van der Waals surface area contributed by atoms with Gasteiger partial charge in [0.2, 0.25) is 11.8 Å². The second kappa shape index (κ2) is 10.4. The maximum absolute atomic E-state index is 5.70. The molecule has 0 fully saturated rings. The molecular formula is C26H31N5O. The average Bonchev–Trinajstić information content (AvgIpc) is 3.47. The minimum absolute atomic E-state index is 0.282. The lowest BCUT2D eigenvalue weighted by Gasteiger charge is -2.05. The first kappa shape index (κ1) is 21.9. The topological polar surface area (TPSA) is 69.6 Å². The van der Waals surface area contributed by atoms with E-state index in [1.807, 2.05) is 18.2 Å². The monoisotopic (exact) mass is 429 g/mol. The molecule has 2 aromatic heterocycles. The molecule has 166 valence electrons. The van der Waals surface area contributed by atoms with Crippen molar-refractivity contribution in [3.05, 3.63) is 71.9 Å². The van der Waals surface area contributed by atoms with Crippen LogP contribution in [0.2, 0.25) is 0 Å². The molecule has 0 aliphatic carbocycles. The molecule has 0 saturated carbocycles. The Labute approximate surface area is 189 Å². The average molecular weight is 430 g/mol. The zero-order chi connectivity index (χ0) is 22.3. The van der Waals surface area contributed by atoms with Crippen molar-refractivity contribution in [2.24, 2.45) is 0 Å². The van der Waals surface area contributed by atoms with Gasteiger partial charge in [0.25, 0.3) is 0 Å². The molecule has 0 amide bonds. The number of hydrogen-bond donors (Lipinski definition) is 0. The van der Waals surface area contributed by atoms with Gasteiger partial charge in [-0.1, -0.05) is 68.8 Å². The summed E-state index contributed by atoms with van der Waals surface area (Å²) in [6, 6.07) is 19.0. The lowest BCUT2D eigenvalue weighted by molar-refractivity contribution is 0.425. The molecule has 6 heteroatoms. The molecule has 0 aliphatic heterocycles. The van der Waals surface area contributed by atoms with Gasteiger partial charge in [-0.2, -0.15) is 15.0 Å². The minimum Gasteiger partial charge on any atom is -0.425 e. The van der Waals surface area contributed by atoms with Crippen LogP contribution in [0.3, 0.4) is 0 Å². The van der Waals surface area contributed by atoms with Gasteiger partial charge < -0.3 is 4.42 Å². The van der Waals surface area contributed by atoms with E-state index in [1.54, 1.807) is 4.80 Å². The molecule has 4 rings (SSSR count). The smallest absolute Gasteiger partial charge is 0.219 e. The zero-order valence-electron chi connectivity index (χ0n) is 19.2. The third-order valence-corrected chi connectivity index (χ3v) is 5.52. The SMILES string of the molecule is CCn1nc(-c2ccccc2)c(-c2cccc(CCCCCc3nnc(C(C)C)o3)c2)n1. The number of rotatable bonds is 10. The lowest BCUT2D eigenvalue weighted by Crippen LogP contribution is -1.98. The molecule has 4 aromatic rings. The van der Waals surface area contributed by atoms with Gasteiger partial charge in [0.05, 0.1) is 6.54 Å². The maximum atomic E-state index is 5.70. The van der Waals surface area contributed by atoms with Crippen LogP contribution in [0.1, 0.15) is 63.3 Å². The van der Waals surface area contributed by atoms with Crippen LogP contribution < -0.4 is 0 Å². The maximum Gasteiger partial charge on any atom is 0.219 e. The van der Waals surface area contributed by atoms with Gasteiger partial charge >= 0.3 is 0 Å². The predicted octanol–water partition coefficient (Wildman–Crippen LogP) is 6.09. The van der Waals surface area contributed by atoms with Gasteiger partial charge in [0.15, 0.2) is 0 Å². The number of benzene rings is 2. The van der Waals surface area contributed by atoms with E-state index in [0.29, 0.717) is 0 Å². The molecule has 0 radical (unpaired) electrons. The lowest BCUT2D eigenvalue weighted by atomic mass is 10.0. The second-order valence-corrected chi connectivity index (χ2v) is 8.40. The first-order valence-electron chi connectivity index (χ1n) is 11.6. The van der Waals surface area contributed by atoms with E-state index in [-0.39, 0.29) is 5.92 Å². The molecule has 0 atom stereocenters. The Kier molecular flexibility index (Phi) is 7.10. The molecule has 32 heavy (non-hydrogen) atoms. The number of hydrogen-bond acceptors (Lipinski definition) is 5.